The summed E-state index contributed by atoms with van der Waals surface area (Å²) in [5, 5.41) is 6.69. The average molecular weight is 369 g/mol. The number of primary amides is 1. The fourth-order valence-corrected chi connectivity index (χ4v) is 3.34. The molecule has 1 aliphatic heterocycles. The van der Waals surface area contributed by atoms with E-state index in [0.717, 1.165) is 30.8 Å². The van der Waals surface area contributed by atoms with Crippen molar-refractivity contribution in [2.75, 3.05) is 17.2 Å². The number of carbonyl (C=O) groups is 1. The Bertz CT molecular complexity index is 780. The van der Waals surface area contributed by atoms with Crippen molar-refractivity contribution < 1.29 is 9.53 Å². The fourth-order valence-electron chi connectivity index (χ4n) is 3.34. The molecule has 1 aromatic heterocycles. The van der Waals surface area contributed by atoms with Crippen molar-refractivity contribution in [3.8, 4) is 0 Å². The third-order valence-corrected chi connectivity index (χ3v) is 4.67. The first kappa shape index (κ1) is 19.1. The highest BCUT2D eigenvalue weighted by Crippen LogP contribution is 2.23. The van der Waals surface area contributed by atoms with E-state index in [2.05, 4.69) is 34.4 Å². The van der Waals surface area contributed by atoms with Gasteiger partial charge in [0, 0.05) is 24.9 Å². The molecule has 4 N–H and O–H groups in total. The Morgan fingerprint density at radius 2 is 2.22 bits per heavy atom. The molecule has 7 heteroatoms. The van der Waals surface area contributed by atoms with Gasteiger partial charge in [0.15, 0.2) is 0 Å². The normalized spacial score (nSPS) is 19.7. The van der Waals surface area contributed by atoms with Gasteiger partial charge < -0.3 is 21.1 Å². The van der Waals surface area contributed by atoms with Crippen LogP contribution in [0.15, 0.2) is 36.5 Å². The van der Waals surface area contributed by atoms with Crippen LogP contribution in [0.5, 0.6) is 0 Å². The average Bonchev–Trinajstić information content (AvgIpc) is 2.67. The number of hydrogen-bond donors (Lipinski definition) is 3. The molecular formula is C20H27N5O2. The largest absolute Gasteiger partial charge is 0.376 e. The van der Waals surface area contributed by atoms with Crippen molar-refractivity contribution in [3.05, 3.63) is 47.7 Å². The summed E-state index contributed by atoms with van der Waals surface area (Å²) in [6, 6.07) is 9.31. The Morgan fingerprint density at radius 3 is 3.00 bits per heavy atom. The highest BCUT2D eigenvalue weighted by Gasteiger charge is 2.28. The van der Waals surface area contributed by atoms with Crippen LogP contribution in [0.1, 0.15) is 42.6 Å². The predicted molar refractivity (Wildman–Crippen MR) is 106 cm³/mol. The van der Waals surface area contributed by atoms with Gasteiger partial charge in [-0.2, -0.15) is 4.98 Å². The molecule has 1 saturated heterocycles. The standard InChI is InChI=1S/C20H27N5O2/c1-13(2)18-16(7-4-10-27-18)24-17-8-9-22-20(25-17)23-12-14-5-3-6-15(11-14)19(21)26/h3,5-6,8-9,11,13,16,18H,4,7,10,12H2,1-2H3,(H2,21,26)(H2,22,23,24,25). The maximum atomic E-state index is 11.3. The number of nitrogens with one attached hydrogen (secondary N) is 2. The van der Waals surface area contributed by atoms with Crippen molar-refractivity contribution in [3.63, 3.8) is 0 Å². The van der Waals surface area contributed by atoms with Crippen LogP contribution in [-0.2, 0) is 11.3 Å². The molecule has 1 aliphatic rings. The number of aromatic nitrogens is 2. The Balaban J connectivity index is 1.63. The molecule has 0 spiro atoms. The van der Waals surface area contributed by atoms with Gasteiger partial charge in [0.05, 0.1) is 12.1 Å². The molecular weight excluding hydrogens is 342 g/mol. The molecule has 7 nitrogen and oxygen atoms in total. The molecule has 0 saturated carbocycles. The second kappa shape index (κ2) is 8.81. The molecule has 0 radical (unpaired) electrons. The Kier molecular flexibility index (Phi) is 6.24. The minimum atomic E-state index is -0.436. The Labute approximate surface area is 159 Å². The van der Waals surface area contributed by atoms with Crippen LogP contribution in [0.4, 0.5) is 11.8 Å². The van der Waals surface area contributed by atoms with Gasteiger partial charge in [0.2, 0.25) is 11.9 Å². The number of carbonyl (C=O) groups excluding carboxylic acids is 1. The molecule has 27 heavy (non-hydrogen) atoms. The van der Waals surface area contributed by atoms with Crippen LogP contribution >= 0.6 is 0 Å². The highest BCUT2D eigenvalue weighted by atomic mass is 16.5. The lowest BCUT2D eigenvalue weighted by atomic mass is 9.94. The third-order valence-electron chi connectivity index (χ3n) is 4.67. The number of amides is 1. The first-order valence-corrected chi connectivity index (χ1v) is 9.36. The molecule has 1 aromatic carbocycles. The van der Waals surface area contributed by atoms with Crippen molar-refractivity contribution >= 4 is 17.7 Å². The summed E-state index contributed by atoms with van der Waals surface area (Å²) in [6.07, 6.45) is 4.02. The summed E-state index contributed by atoms with van der Waals surface area (Å²) >= 11 is 0. The van der Waals surface area contributed by atoms with E-state index in [9.17, 15) is 4.79 Å². The highest BCUT2D eigenvalue weighted by molar-refractivity contribution is 5.92. The minimum Gasteiger partial charge on any atom is -0.376 e. The first-order chi connectivity index (χ1) is 13.0. The maximum Gasteiger partial charge on any atom is 0.248 e. The van der Waals surface area contributed by atoms with Gasteiger partial charge in [-0.25, -0.2) is 4.98 Å². The van der Waals surface area contributed by atoms with Gasteiger partial charge in [-0.3, -0.25) is 4.79 Å². The molecule has 2 atom stereocenters. The van der Waals surface area contributed by atoms with Crippen LogP contribution in [0, 0.1) is 5.92 Å². The zero-order valence-corrected chi connectivity index (χ0v) is 15.8. The monoisotopic (exact) mass is 369 g/mol. The quantitative estimate of drug-likeness (QED) is 0.694. The predicted octanol–water partition coefficient (Wildman–Crippen LogP) is 2.80. The number of nitrogens with two attached hydrogens (primary N) is 1. The molecule has 1 fully saturated rings. The molecule has 2 unspecified atom stereocenters. The number of hydrogen-bond acceptors (Lipinski definition) is 6. The number of nitrogens with zero attached hydrogens (tertiary/aromatic N) is 2. The Morgan fingerprint density at radius 1 is 1.37 bits per heavy atom. The second-order valence-corrected chi connectivity index (χ2v) is 7.16. The Hall–Kier alpha value is -2.67. The van der Waals surface area contributed by atoms with Gasteiger partial charge in [0.1, 0.15) is 5.82 Å². The smallest absolute Gasteiger partial charge is 0.248 e. The summed E-state index contributed by atoms with van der Waals surface area (Å²) in [7, 11) is 0. The van der Waals surface area contributed by atoms with Crippen molar-refractivity contribution in [1.29, 1.82) is 0 Å². The summed E-state index contributed by atoms with van der Waals surface area (Å²) in [6.45, 7) is 5.68. The van der Waals surface area contributed by atoms with E-state index in [-0.39, 0.29) is 12.1 Å². The molecule has 2 heterocycles. The molecule has 0 aliphatic carbocycles. The molecule has 1 amide bonds. The minimum absolute atomic E-state index is 0.182. The van der Waals surface area contributed by atoms with Gasteiger partial charge in [-0.1, -0.05) is 26.0 Å². The van der Waals surface area contributed by atoms with E-state index in [1.807, 2.05) is 18.2 Å². The number of rotatable bonds is 7. The van der Waals surface area contributed by atoms with Crippen LogP contribution in [-0.4, -0.2) is 34.6 Å². The number of ether oxygens (including phenoxy) is 1. The zero-order chi connectivity index (χ0) is 19.2. The molecule has 2 aromatic rings. The molecule has 0 bridgehead atoms. The van der Waals surface area contributed by atoms with E-state index >= 15 is 0 Å². The second-order valence-electron chi connectivity index (χ2n) is 7.16. The topological polar surface area (TPSA) is 102 Å². The lowest BCUT2D eigenvalue weighted by molar-refractivity contribution is -0.0203. The van der Waals surface area contributed by atoms with Crippen LogP contribution in [0.2, 0.25) is 0 Å². The zero-order valence-electron chi connectivity index (χ0n) is 15.8. The third kappa shape index (κ3) is 5.17. The number of anilines is 2. The molecule has 144 valence electrons. The van der Waals surface area contributed by atoms with Crippen LogP contribution in [0.25, 0.3) is 0 Å². The summed E-state index contributed by atoms with van der Waals surface area (Å²) < 4.78 is 5.93. The SMILES string of the molecule is CC(C)C1OCCCC1Nc1ccnc(NCc2cccc(C(N)=O)c2)n1. The van der Waals surface area contributed by atoms with Gasteiger partial charge in [-0.15, -0.1) is 0 Å². The van der Waals surface area contributed by atoms with Crippen LogP contribution < -0.4 is 16.4 Å². The first-order valence-electron chi connectivity index (χ1n) is 9.36. The maximum absolute atomic E-state index is 11.3. The summed E-state index contributed by atoms with van der Waals surface area (Å²) in [4.78, 5) is 20.1. The van der Waals surface area contributed by atoms with Crippen LogP contribution in [0.3, 0.4) is 0 Å². The van der Waals surface area contributed by atoms with E-state index in [1.54, 1.807) is 18.3 Å². The van der Waals surface area contributed by atoms with E-state index in [4.69, 9.17) is 10.5 Å². The number of benzene rings is 1. The lowest BCUT2D eigenvalue weighted by Gasteiger charge is -2.35. The van der Waals surface area contributed by atoms with Crippen molar-refractivity contribution in [2.45, 2.75) is 45.4 Å². The van der Waals surface area contributed by atoms with Crippen molar-refractivity contribution in [1.82, 2.24) is 9.97 Å². The van der Waals surface area contributed by atoms with Gasteiger partial charge in [-0.05, 0) is 42.5 Å². The van der Waals surface area contributed by atoms with Crippen molar-refractivity contribution in [2.24, 2.45) is 11.7 Å². The van der Waals surface area contributed by atoms with E-state index in [0.29, 0.717) is 24.0 Å². The summed E-state index contributed by atoms with van der Waals surface area (Å²) in [5.74, 6) is 1.32. The fraction of sp³-hybridized carbons (Fsp3) is 0.450. The lowest BCUT2D eigenvalue weighted by Crippen LogP contribution is -2.43. The van der Waals surface area contributed by atoms with Gasteiger partial charge >= 0.3 is 0 Å². The van der Waals surface area contributed by atoms with E-state index in [1.165, 1.54) is 0 Å². The summed E-state index contributed by atoms with van der Waals surface area (Å²) in [5.41, 5.74) is 6.76. The van der Waals surface area contributed by atoms with Gasteiger partial charge in [0.25, 0.3) is 0 Å². The molecule has 3 rings (SSSR count). The van der Waals surface area contributed by atoms with E-state index < -0.39 is 5.91 Å².